The van der Waals surface area contributed by atoms with Crippen LogP contribution < -0.4 is 0 Å². The van der Waals surface area contributed by atoms with Crippen molar-refractivity contribution >= 4 is 34.7 Å². The van der Waals surface area contributed by atoms with Crippen LogP contribution in [0.3, 0.4) is 0 Å². The van der Waals surface area contributed by atoms with Crippen molar-refractivity contribution in [3.05, 3.63) is 34.6 Å². The largest absolute Gasteiger partial charge is 0.478 e. The lowest BCUT2D eigenvalue weighted by Crippen LogP contribution is -1.98. The van der Waals surface area contributed by atoms with E-state index in [-0.39, 0.29) is 15.7 Å². The van der Waals surface area contributed by atoms with Crippen LogP contribution in [0.15, 0.2) is 18.8 Å². The minimum absolute atomic E-state index is 0.0638. The van der Waals surface area contributed by atoms with Crippen molar-refractivity contribution in [1.29, 1.82) is 0 Å². The van der Waals surface area contributed by atoms with E-state index in [2.05, 4.69) is 11.6 Å². The molecule has 5 heteroatoms. The molecule has 0 aromatic carbocycles. The molecule has 1 rings (SSSR count). The Bertz CT molecular complexity index is 376. The summed E-state index contributed by atoms with van der Waals surface area (Å²) in [5.74, 6) is -1.11. The molecule has 0 aliphatic rings. The Balaban J connectivity index is 3.11. The first-order valence-electron chi connectivity index (χ1n) is 3.26. The molecule has 68 valence electrons. The van der Waals surface area contributed by atoms with Crippen molar-refractivity contribution in [2.24, 2.45) is 0 Å². The second-order valence-corrected chi connectivity index (χ2v) is 3.05. The third-order valence-electron chi connectivity index (χ3n) is 1.40. The summed E-state index contributed by atoms with van der Waals surface area (Å²) in [6, 6.07) is 1.41. The van der Waals surface area contributed by atoms with Crippen LogP contribution in [0.5, 0.6) is 0 Å². The summed E-state index contributed by atoms with van der Waals surface area (Å²) in [5, 5.41) is 8.94. The molecule has 0 saturated carbocycles. The Labute approximate surface area is 84.6 Å². The third-order valence-corrected chi connectivity index (χ3v) is 2.09. The molecule has 0 bridgehead atoms. The highest BCUT2D eigenvalue weighted by Gasteiger charge is 2.09. The first kappa shape index (κ1) is 10.0. The maximum absolute atomic E-state index is 10.5. The molecule has 1 heterocycles. The smallest absolute Gasteiger partial charge is 0.335 e. The number of nitrogens with zero attached hydrogens (tertiary/aromatic N) is 1. The molecule has 0 saturated heterocycles. The minimum atomic E-state index is -1.11. The highest BCUT2D eigenvalue weighted by atomic mass is 35.5. The lowest BCUT2D eigenvalue weighted by atomic mass is 10.1. The van der Waals surface area contributed by atoms with Gasteiger partial charge in [-0.2, -0.15) is 0 Å². The number of hydrogen-bond donors (Lipinski definition) is 1. The summed E-state index contributed by atoms with van der Waals surface area (Å²) in [4.78, 5) is 14.2. The topological polar surface area (TPSA) is 50.2 Å². The first-order valence-corrected chi connectivity index (χ1v) is 4.01. The van der Waals surface area contributed by atoms with Crippen LogP contribution in [0.4, 0.5) is 0 Å². The van der Waals surface area contributed by atoms with Gasteiger partial charge in [-0.05, 0) is 6.07 Å². The molecule has 0 amide bonds. The van der Waals surface area contributed by atoms with E-state index >= 15 is 0 Å². The molecule has 1 aromatic rings. The summed E-state index contributed by atoms with van der Waals surface area (Å²) in [6.07, 6.45) is 1.31. The van der Waals surface area contributed by atoms with Gasteiger partial charge in [-0.1, -0.05) is 29.8 Å². The van der Waals surface area contributed by atoms with E-state index < -0.39 is 5.97 Å². The number of carboxylic acids is 1. The predicted molar refractivity (Wildman–Crippen MR) is 50.9 cm³/mol. The van der Waals surface area contributed by atoms with Crippen LogP contribution in [-0.2, 0) is 4.79 Å². The van der Waals surface area contributed by atoms with E-state index in [1.54, 1.807) is 0 Å². The van der Waals surface area contributed by atoms with Gasteiger partial charge < -0.3 is 5.11 Å². The molecule has 0 aliphatic heterocycles. The van der Waals surface area contributed by atoms with Gasteiger partial charge in [-0.3, -0.25) is 0 Å². The number of hydrogen-bond acceptors (Lipinski definition) is 2. The van der Waals surface area contributed by atoms with Gasteiger partial charge in [-0.25, -0.2) is 9.78 Å². The van der Waals surface area contributed by atoms with Gasteiger partial charge in [0.15, 0.2) is 0 Å². The van der Waals surface area contributed by atoms with Gasteiger partial charge in [-0.15, -0.1) is 0 Å². The number of rotatable bonds is 2. The van der Waals surface area contributed by atoms with E-state index in [1.165, 1.54) is 12.3 Å². The average Bonchev–Trinajstić information content (AvgIpc) is 2.08. The van der Waals surface area contributed by atoms with Crippen LogP contribution in [0.25, 0.3) is 5.57 Å². The molecule has 0 aliphatic carbocycles. The van der Waals surface area contributed by atoms with Crippen LogP contribution in [0.1, 0.15) is 5.56 Å². The van der Waals surface area contributed by atoms with Crippen molar-refractivity contribution in [3.63, 3.8) is 0 Å². The second-order valence-electron chi connectivity index (χ2n) is 2.28. The normalized spacial score (nSPS) is 9.69. The van der Waals surface area contributed by atoms with Crippen molar-refractivity contribution < 1.29 is 9.90 Å². The zero-order chi connectivity index (χ0) is 10.0. The van der Waals surface area contributed by atoms with E-state index in [9.17, 15) is 4.79 Å². The number of pyridine rings is 1. The van der Waals surface area contributed by atoms with Crippen molar-refractivity contribution in [3.8, 4) is 0 Å². The third kappa shape index (κ3) is 2.20. The van der Waals surface area contributed by atoms with Crippen LogP contribution >= 0.6 is 23.2 Å². The Kier molecular flexibility index (Phi) is 2.90. The quantitative estimate of drug-likeness (QED) is 0.612. The zero-order valence-electron chi connectivity index (χ0n) is 6.42. The summed E-state index contributed by atoms with van der Waals surface area (Å²) in [7, 11) is 0. The van der Waals surface area contributed by atoms with E-state index in [0.29, 0.717) is 5.56 Å². The van der Waals surface area contributed by atoms with E-state index in [4.69, 9.17) is 28.3 Å². The number of halogens is 2. The maximum Gasteiger partial charge on any atom is 0.335 e. The summed E-state index contributed by atoms with van der Waals surface area (Å²) >= 11 is 11.2. The molecule has 0 unspecified atom stereocenters. The Morgan fingerprint density at radius 3 is 2.62 bits per heavy atom. The average molecular weight is 218 g/mol. The Morgan fingerprint density at radius 2 is 2.15 bits per heavy atom. The molecular formula is C8H5Cl2NO2. The number of carbonyl (C=O) groups is 1. The standard InChI is InChI=1S/C8H5Cl2NO2/c1-4(8(12)13)5-2-6(9)7(10)11-3-5/h2-3H,1H2,(H,12,13). The van der Waals surface area contributed by atoms with Gasteiger partial charge in [0.25, 0.3) is 0 Å². The molecular weight excluding hydrogens is 213 g/mol. The molecule has 0 spiro atoms. The van der Waals surface area contributed by atoms with Gasteiger partial charge in [0.2, 0.25) is 0 Å². The highest BCUT2D eigenvalue weighted by Crippen LogP contribution is 2.22. The van der Waals surface area contributed by atoms with E-state index in [0.717, 1.165) is 0 Å². The van der Waals surface area contributed by atoms with Crippen molar-refractivity contribution in [1.82, 2.24) is 4.98 Å². The molecule has 0 atom stereocenters. The maximum atomic E-state index is 10.5. The van der Waals surface area contributed by atoms with Crippen molar-refractivity contribution in [2.75, 3.05) is 0 Å². The molecule has 0 fully saturated rings. The number of aromatic nitrogens is 1. The summed E-state index contributed by atoms with van der Waals surface area (Å²) in [5.41, 5.74) is 0.285. The number of aliphatic carboxylic acids is 1. The highest BCUT2D eigenvalue weighted by molar-refractivity contribution is 6.41. The van der Waals surface area contributed by atoms with Gasteiger partial charge in [0.05, 0.1) is 10.6 Å². The van der Waals surface area contributed by atoms with Crippen LogP contribution in [0, 0.1) is 0 Å². The lowest BCUT2D eigenvalue weighted by molar-refractivity contribution is -0.130. The Hall–Kier alpha value is -1.06. The SMILES string of the molecule is C=C(C(=O)O)c1cnc(Cl)c(Cl)c1. The van der Waals surface area contributed by atoms with Crippen LogP contribution in [0.2, 0.25) is 10.2 Å². The fraction of sp³-hybridized carbons (Fsp3) is 0. The molecule has 3 nitrogen and oxygen atoms in total. The fourth-order valence-electron chi connectivity index (χ4n) is 0.710. The molecule has 1 aromatic heterocycles. The lowest BCUT2D eigenvalue weighted by Gasteiger charge is -2.00. The minimum Gasteiger partial charge on any atom is -0.478 e. The van der Waals surface area contributed by atoms with Gasteiger partial charge >= 0.3 is 5.97 Å². The Morgan fingerprint density at radius 1 is 1.54 bits per heavy atom. The van der Waals surface area contributed by atoms with Gasteiger partial charge in [0, 0.05) is 11.8 Å². The molecule has 1 N–H and O–H groups in total. The predicted octanol–water partition coefficient (Wildman–Crippen LogP) is 2.49. The second kappa shape index (κ2) is 3.77. The monoisotopic (exact) mass is 217 g/mol. The van der Waals surface area contributed by atoms with E-state index in [1.807, 2.05) is 0 Å². The van der Waals surface area contributed by atoms with Gasteiger partial charge in [0.1, 0.15) is 5.15 Å². The fourth-order valence-corrected chi connectivity index (χ4v) is 0.979. The number of carboxylic acid groups (broad SMARTS) is 1. The molecule has 13 heavy (non-hydrogen) atoms. The zero-order valence-corrected chi connectivity index (χ0v) is 7.93. The summed E-state index contributed by atoms with van der Waals surface area (Å²) < 4.78 is 0. The first-order chi connectivity index (χ1) is 6.02. The van der Waals surface area contributed by atoms with Crippen molar-refractivity contribution in [2.45, 2.75) is 0 Å². The summed E-state index contributed by atoms with van der Waals surface area (Å²) in [6.45, 7) is 3.35. The molecule has 0 radical (unpaired) electrons. The van der Waals surface area contributed by atoms with Crippen LogP contribution in [-0.4, -0.2) is 16.1 Å².